The molecule has 0 aromatic carbocycles. The second-order valence-electron chi connectivity index (χ2n) is 24.2. The fraction of sp³-hybridized carbons (Fsp3) is 0.897. The first-order valence-electron chi connectivity index (χ1n) is 28.2. The quantitative estimate of drug-likeness (QED) is 0.0682. The van der Waals surface area contributed by atoms with Gasteiger partial charge in [0.05, 0.1) is 22.3 Å². The summed E-state index contributed by atoms with van der Waals surface area (Å²) in [4.78, 5) is 65.8. The molecule has 4 amide bonds. The fourth-order valence-electron chi connectivity index (χ4n) is 5.15. The molecule has 466 valence electrons. The Bertz CT molecular complexity index is 1680. The molecule has 77 heavy (non-hydrogen) atoms. The van der Waals surface area contributed by atoms with Crippen LogP contribution in [-0.2, 0) is 54.6 Å². The Balaban J connectivity index is -0.000000118. The Morgan fingerprint density at radius 2 is 0.675 bits per heavy atom. The number of ketones is 3. The first-order chi connectivity index (χ1) is 34.4. The molecule has 0 aromatic rings. The molecule has 0 unspecified atom stereocenters. The highest BCUT2D eigenvalue weighted by Crippen LogP contribution is 2.09. The lowest BCUT2D eigenvalue weighted by Gasteiger charge is -2.11. The average Bonchev–Trinajstić information content (AvgIpc) is 3.21. The van der Waals surface area contributed by atoms with E-state index in [1.807, 2.05) is 138 Å². The molecule has 0 atom stereocenters. The van der Waals surface area contributed by atoms with Crippen LogP contribution in [0.25, 0.3) is 0 Å². The van der Waals surface area contributed by atoms with Crippen molar-refractivity contribution in [3.05, 3.63) is 0 Å². The van der Waals surface area contributed by atoms with Crippen LogP contribution in [0.15, 0.2) is 0 Å². The van der Waals surface area contributed by atoms with Crippen LogP contribution in [0.5, 0.6) is 0 Å². The number of urea groups is 1. The van der Waals surface area contributed by atoms with E-state index in [1.165, 1.54) is 0 Å². The second kappa shape index (κ2) is 50.2. The van der Waals surface area contributed by atoms with E-state index in [-0.39, 0.29) is 93.8 Å². The molecule has 0 aliphatic rings. The normalized spacial score (nSPS) is 11.3. The Morgan fingerprint density at radius 3 is 0.818 bits per heavy atom. The average molecular weight is 1160 g/mol. The van der Waals surface area contributed by atoms with Gasteiger partial charge in [-0.1, -0.05) is 125 Å². The Hall–Kier alpha value is -2.77. The van der Waals surface area contributed by atoms with Gasteiger partial charge in [-0.2, -0.15) is 0 Å². The van der Waals surface area contributed by atoms with Crippen LogP contribution in [0.3, 0.4) is 0 Å². The van der Waals surface area contributed by atoms with Gasteiger partial charge in [0.1, 0.15) is 11.6 Å². The Kier molecular flexibility index (Phi) is 59.2. The topological polar surface area (TPSA) is 248 Å². The standard InChI is InChI=1S/C10H19NO2.C9H18O.C7H16N2O.C7H15NO.C7H14O.C6H15NO2S.C6H14O2S.C6H14OS/c1-7(2)5-9(12)6-11-10(13)8(3)4;1-7(2)5-9(10)6-8(3)4;1-5(2)8-7(10)9-6(3)4;1-5(2)7(9)8-6(3)4;1-5(2)7(8)6(3)4;1-5(2)7-10(8,9)6(3)4;1-5(2)9(7,8)6(3)4;1-5(2)8(7)6(3)4/h7-8H,5-6H2,1-4H3,(H,11,13);7-8H,5-6H2,1-4H3;5-6H,1-4H3,(H2,8,9,10);5-6H,1-4H3,(H,8,9);5-6H,1-4H3;5-7H,1-4H3;5-6H,1-4H3;5-6H,1-4H3. The molecule has 0 aliphatic carbocycles. The van der Waals surface area contributed by atoms with Crippen molar-refractivity contribution in [1.29, 1.82) is 0 Å². The van der Waals surface area contributed by atoms with Crippen LogP contribution in [0.4, 0.5) is 4.79 Å². The molecular formula is C58H125N5O11S3. The van der Waals surface area contributed by atoms with Crippen molar-refractivity contribution in [2.75, 3.05) is 6.54 Å². The van der Waals surface area contributed by atoms with Crippen LogP contribution >= 0.6 is 0 Å². The van der Waals surface area contributed by atoms with Gasteiger partial charge in [0.25, 0.3) is 0 Å². The molecule has 0 saturated heterocycles. The first kappa shape index (κ1) is 90.8. The van der Waals surface area contributed by atoms with E-state index in [0.717, 1.165) is 12.8 Å². The summed E-state index contributed by atoms with van der Waals surface area (Å²) in [6, 6.07) is 0.579. The van der Waals surface area contributed by atoms with Crippen molar-refractivity contribution in [2.45, 2.75) is 291 Å². The third-order valence-electron chi connectivity index (χ3n) is 9.09. The van der Waals surface area contributed by atoms with Gasteiger partial charge in [-0.25, -0.2) is 26.4 Å². The number of carbonyl (C=O) groups is 6. The number of Topliss-reactive ketones (excluding diaryl/α,β-unsaturated/α-hetero) is 3. The summed E-state index contributed by atoms with van der Waals surface area (Å²) in [7, 11) is -6.49. The van der Waals surface area contributed by atoms with Crippen LogP contribution < -0.4 is 26.0 Å². The molecule has 0 radical (unpaired) electrons. The fourth-order valence-corrected chi connectivity index (χ4v) is 8.26. The van der Waals surface area contributed by atoms with Gasteiger partial charge in [0.2, 0.25) is 21.8 Å². The van der Waals surface area contributed by atoms with E-state index in [9.17, 15) is 49.8 Å². The van der Waals surface area contributed by atoms with E-state index in [1.54, 1.807) is 55.4 Å². The molecule has 0 heterocycles. The minimum Gasteiger partial charge on any atom is -0.354 e. The lowest BCUT2D eigenvalue weighted by atomic mass is 9.99. The number of sulfone groups is 1. The zero-order valence-corrected chi connectivity index (χ0v) is 57.7. The van der Waals surface area contributed by atoms with Gasteiger partial charge in [-0.3, -0.25) is 28.2 Å². The molecule has 0 bridgehead atoms. The van der Waals surface area contributed by atoms with E-state index in [0.29, 0.717) is 46.2 Å². The number of amides is 4. The monoisotopic (exact) mass is 1160 g/mol. The number of rotatable bonds is 22. The van der Waals surface area contributed by atoms with Gasteiger partial charge in [0, 0.05) is 88.4 Å². The first-order valence-corrected chi connectivity index (χ1v) is 32.6. The lowest BCUT2D eigenvalue weighted by Crippen LogP contribution is -2.42. The van der Waals surface area contributed by atoms with Crippen molar-refractivity contribution in [3.8, 4) is 0 Å². The number of hydrogen-bond donors (Lipinski definition) is 5. The molecule has 5 N–H and O–H groups in total. The zero-order valence-electron chi connectivity index (χ0n) is 55.3. The molecular weight excluding hydrogens is 1040 g/mol. The van der Waals surface area contributed by atoms with Gasteiger partial charge in [0.15, 0.2) is 15.6 Å². The maximum absolute atomic E-state index is 11.2. The molecule has 0 fully saturated rings. The molecule has 0 saturated carbocycles. The zero-order chi connectivity index (χ0) is 63.6. The van der Waals surface area contributed by atoms with Gasteiger partial charge in [-0.15, -0.1) is 0 Å². The predicted molar refractivity (Wildman–Crippen MR) is 331 cm³/mol. The SMILES string of the molecule is CC(C)C(=O)C(C)C.CC(C)CC(=O)CC(C)C.CC(C)CC(=O)CNC(=O)C(C)C.CC(C)NC(=O)C(C)C.CC(C)NC(=O)NC(C)C.CC(C)NS(=O)(=O)C(C)C.CC(C)S(=O)(=O)C(C)C.CC(C)S(=O)C(C)C. The van der Waals surface area contributed by atoms with E-state index in [2.05, 4.69) is 53.7 Å². The van der Waals surface area contributed by atoms with Crippen LogP contribution in [-0.4, -0.2) is 113 Å². The van der Waals surface area contributed by atoms with Crippen molar-refractivity contribution < 1.29 is 49.8 Å². The van der Waals surface area contributed by atoms with Gasteiger partial charge in [-0.05, 0) is 115 Å². The van der Waals surface area contributed by atoms with Crippen molar-refractivity contribution in [2.24, 2.45) is 41.4 Å². The largest absolute Gasteiger partial charge is 0.354 e. The molecule has 0 aliphatic heterocycles. The summed E-state index contributed by atoms with van der Waals surface area (Å²) < 4.78 is 57.6. The van der Waals surface area contributed by atoms with Crippen molar-refractivity contribution in [1.82, 2.24) is 26.0 Å². The van der Waals surface area contributed by atoms with Gasteiger partial charge < -0.3 is 21.3 Å². The van der Waals surface area contributed by atoms with E-state index < -0.39 is 30.7 Å². The van der Waals surface area contributed by atoms with Crippen LogP contribution in [0.2, 0.25) is 0 Å². The maximum atomic E-state index is 11.2. The lowest BCUT2D eigenvalue weighted by molar-refractivity contribution is -0.127. The summed E-state index contributed by atoms with van der Waals surface area (Å²) in [5, 5.41) is 10.7. The van der Waals surface area contributed by atoms with Gasteiger partial charge >= 0.3 is 6.03 Å². The second-order valence-corrected chi connectivity index (χ2v) is 32.1. The number of nitrogens with one attached hydrogen (secondary N) is 5. The molecule has 0 spiro atoms. The molecule has 0 aromatic heterocycles. The minimum atomic E-state index is -3.05. The third kappa shape index (κ3) is 69.3. The number of sulfonamides is 1. The molecule has 19 heteroatoms. The molecule has 16 nitrogen and oxygen atoms in total. The summed E-state index contributed by atoms with van der Waals surface area (Å²) in [5.74, 6) is 2.80. The summed E-state index contributed by atoms with van der Waals surface area (Å²) in [6.07, 6.45) is 2.04. The maximum Gasteiger partial charge on any atom is 0.315 e. The predicted octanol–water partition coefficient (Wildman–Crippen LogP) is 11.7. The highest BCUT2D eigenvalue weighted by atomic mass is 32.2. The third-order valence-corrected chi connectivity index (χ3v) is 15.6. The Labute approximate surface area is 478 Å². The number of carbonyl (C=O) groups excluding carboxylic acids is 6. The molecule has 0 rings (SSSR count). The summed E-state index contributed by atoms with van der Waals surface area (Å²) in [5.41, 5.74) is 0. The van der Waals surface area contributed by atoms with Crippen LogP contribution in [0.1, 0.15) is 241 Å². The van der Waals surface area contributed by atoms with Crippen molar-refractivity contribution >= 4 is 65.9 Å². The Morgan fingerprint density at radius 1 is 0.377 bits per heavy atom. The summed E-state index contributed by atoms with van der Waals surface area (Å²) >= 11 is 0. The number of hydrogen-bond acceptors (Lipinski definition) is 11. The van der Waals surface area contributed by atoms with Crippen molar-refractivity contribution in [3.63, 3.8) is 0 Å². The van der Waals surface area contributed by atoms with E-state index >= 15 is 0 Å². The highest BCUT2D eigenvalue weighted by Gasteiger charge is 2.20. The minimum absolute atomic E-state index is 0.00704. The van der Waals surface area contributed by atoms with E-state index in [4.69, 9.17) is 0 Å². The highest BCUT2D eigenvalue weighted by molar-refractivity contribution is 7.92. The smallest absolute Gasteiger partial charge is 0.315 e. The van der Waals surface area contributed by atoms with Crippen LogP contribution in [0, 0.1) is 41.4 Å². The summed E-state index contributed by atoms with van der Waals surface area (Å²) in [6.45, 7) is 60.9.